The molecule has 2 aliphatic heterocycles. The van der Waals surface area contributed by atoms with Gasteiger partial charge in [0, 0.05) is 35.6 Å². The molecule has 0 radical (unpaired) electrons. The van der Waals surface area contributed by atoms with Crippen molar-refractivity contribution in [1.29, 1.82) is 0 Å². The topological polar surface area (TPSA) is 91.3 Å². The highest BCUT2D eigenvalue weighted by Gasteiger charge is 2.31. The molecule has 0 bridgehead atoms. The van der Waals surface area contributed by atoms with E-state index in [1.807, 2.05) is 32.0 Å². The minimum atomic E-state index is -4.50. The summed E-state index contributed by atoms with van der Waals surface area (Å²) in [5, 5.41) is 10.3. The number of nitrogens with zero attached hydrogens (tertiary/aromatic N) is 3. The van der Waals surface area contributed by atoms with E-state index in [4.69, 9.17) is 9.98 Å². The third-order valence-corrected chi connectivity index (χ3v) is 8.60. The van der Waals surface area contributed by atoms with Gasteiger partial charge < -0.3 is 16.0 Å². The number of fused-ring (bicyclic) bond motifs is 2. The standard InChI is InChI=1S/C36H35F3N6O/c1-20-8-9-24(10-13-32(46)26-6-5-7-27(17-26)36(37,38)39)16-31(20)44-34-30-19-41-35(45-33(30)21(2)22(3)42-34)43-28-12-11-25-14-15-40-23(4)29(25)18-28/h5-9,11-12,16-19,22-23,40H,2,10,13-15H2,1,3-4H3,(H,42,44)(H,41,43,45). The zero-order valence-corrected chi connectivity index (χ0v) is 25.9. The highest BCUT2D eigenvalue weighted by molar-refractivity contribution is 6.13. The number of alkyl halides is 3. The number of Topliss-reactive ketones (excluding diaryl/α,β-unsaturated/α-hetero) is 1. The number of anilines is 3. The molecule has 3 heterocycles. The van der Waals surface area contributed by atoms with Gasteiger partial charge in [-0.15, -0.1) is 0 Å². The van der Waals surface area contributed by atoms with Gasteiger partial charge in [-0.1, -0.05) is 36.9 Å². The second kappa shape index (κ2) is 12.5. The van der Waals surface area contributed by atoms with Gasteiger partial charge in [0.15, 0.2) is 5.78 Å². The van der Waals surface area contributed by atoms with E-state index < -0.39 is 11.7 Å². The molecule has 10 heteroatoms. The first-order chi connectivity index (χ1) is 22.0. The molecule has 2 aliphatic rings. The van der Waals surface area contributed by atoms with Crippen molar-refractivity contribution in [2.75, 3.05) is 17.2 Å². The Labute approximate surface area is 266 Å². The highest BCUT2D eigenvalue weighted by Crippen LogP contribution is 2.32. The lowest BCUT2D eigenvalue weighted by Crippen LogP contribution is -2.27. The van der Waals surface area contributed by atoms with Gasteiger partial charge >= 0.3 is 6.18 Å². The van der Waals surface area contributed by atoms with Crippen molar-refractivity contribution in [1.82, 2.24) is 15.3 Å². The Morgan fingerprint density at radius 3 is 2.70 bits per heavy atom. The summed E-state index contributed by atoms with van der Waals surface area (Å²) in [6, 6.07) is 16.8. The van der Waals surface area contributed by atoms with Crippen LogP contribution in [0.25, 0.3) is 5.57 Å². The maximum Gasteiger partial charge on any atom is 0.416 e. The molecule has 2 unspecified atom stereocenters. The van der Waals surface area contributed by atoms with Crippen LogP contribution < -0.4 is 16.0 Å². The second-order valence-electron chi connectivity index (χ2n) is 11.9. The van der Waals surface area contributed by atoms with Gasteiger partial charge in [0.25, 0.3) is 0 Å². The van der Waals surface area contributed by atoms with Crippen molar-refractivity contribution in [3.63, 3.8) is 0 Å². The molecule has 3 N–H and O–H groups in total. The minimum Gasteiger partial charge on any atom is -0.340 e. The molecular weight excluding hydrogens is 589 g/mol. The molecule has 46 heavy (non-hydrogen) atoms. The molecule has 0 amide bonds. The Bertz CT molecular complexity index is 1870. The van der Waals surface area contributed by atoms with Gasteiger partial charge in [-0.05, 0) is 98.3 Å². The van der Waals surface area contributed by atoms with E-state index in [0.717, 1.165) is 58.7 Å². The Morgan fingerprint density at radius 2 is 1.89 bits per heavy atom. The zero-order chi connectivity index (χ0) is 32.6. The summed E-state index contributed by atoms with van der Waals surface area (Å²) in [6.07, 6.45) is -1.31. The molecule has 0 spiro atoms. The summed E-state index contributed by atoms with van der Waals surface area (Å²) in [5.41, 5.74) is 7.59. The molecule has 7 nitrogen and oxygen atoms in total. The van der Waals surface area contributed by atoms with Crippen molar-refractivity contribution < 1.29 is 18.0 Å². The average Bonchev–Trinajstić information content (AvgIpc) is 3.03. The van der Waals surface area contributed by atoms with Crippen LogP contribution in [0.1, 0.15) is 75.7 Å². The van der Waals surface area contributed by atoms with Gasteiger partial charge in [-0.2, -0.15) is 13.2 Å². The number of carbonyl (C=O) groups is 1. The van der Waals surface area contributed by atoms with E-state index in [2.05, 4.69) is 52.6 Å². The predicted molar refractivity (Wildman–Crippen MR) is 176 cm³/mol. The smallest absolute Gasteiger partial charge is 0.340 e. The Balaban J connectivity index is 1.18. The second-order valence-corrected chi connectivity index (χ2v) is 11.9. The van der Waals surface area contributed by atoms with E-state index in [1.165, 1.54) is 23.3 Å². The van der Waals surface area contributed by atoms with Crippen molar-refractivity contribution in [2.24, 2.45) is 4.99 Å². The van der Waals surface area contributed by atoms with Crippen LogP contribution in [0.3, 0.4) is 0 Å². The Kier molecular flexibility index (Phi) is 8.48. The summed E-state index contributed by atoms with van der Waals surface area (Å²) in [4.78, 5) is 27.0. The first-order valence-corrected chi connectivity index (χ1v) is 15.3. The van der Waals surface area contributed by atoms with Crippen molar-refractivity contribution in [2.45, 2.75) is 58.3 Å². The van der Waals surface area contributed by atoms with Crippen molar-refractivity contribution in [3.8, 4) is 0 Å². The summed E-state index contributed by atoms with van der Waals surface area (Å²) in [7, 11) is 0. The zero-order valence-electron chi connectivity index (χ0n) is 25.9. The monoisotopic (exact) mass is 624 g/mol. The van der Waals surface area contributed by atoms with Crippen LogP contribution in [0, 0.1) is 6.92 Å². The summed E-state index contributed by atoms with van der Waals surface area (Å²) in [6.45, 7) is 11.3. The number of amidine groups is 1. The quantitative estimate of drug-likeness (QED) is 0.182. The number of aryl methyl sites for hydroxylation is 2. The lowest BCUT2D eigenvalue weighted by Gasteiger charge is -2.25. The third kappa shape index (κ3) is 6.57. The fourth-order valence-electron chi connectivity index (χ4n) is 5.82. The van der Waals surface area contributed by atoms with Gasteiger partial charge in [0.2, 0.25) is 5.95 Å². The number of carbonyl (C=O) groups excluding carboxylic acids is 1. The molecule has 236 valence electrons. The maximum absolute atomic E-state index is 13.1. The molecule has 2 atom stereocenters. The number of aromatic nitrogens is 2. The lowest BCUT2D eigenvalue weighted by molar-refractivity contribution is -0.137. The third-order valence-electron chi connectivity index (χ3n) is 8.60. The van der Waals surface area contributed by atoms with Gasteiger partial charge in [-0.25, -0.2) is 9.97 Å². The highest BCUT2D eigenvalue weighted by atomic mass is 19.4. The van der Waals surface area contributed by atoms with E-state index >= 15 is 0 Å². The number of rotatable bonds is 7. The number of ketones is 1. The molecule has 6 rings (SSSR count). The first-order valence-electron chi connectivity index (χ1n) is 15.3. The number of aliphatic imine (C=N–C) groups is 1. The van der Waals surface area contributed by atoms with Gasteiger partial charge in [0.05, 0.1) is 22.9 Å². The van der Waals surface area contributed by atoms with Crippen LogP contribution in [-0.4, -0.2) is 34.2 Å². The van der Waals surface area contributed by atoms with E-state index in [1.54, 1.807) is 6.20 Å². The summed E-state index contributed by atoms with van der Waals surface area (Å²) >= 11 is 0. The minimum absolute atomic E-state index is 0.0507. The molecule has 0 aliphatic carbocycles. The van der Waals surface area contributed by atoms with Crippen LogP contribution in [0.15, 0.2) is 78.4 Å². The molecule has 3 aromatic carbocycles. The molecule has 0 fully saturated rings. The first kappa shape index (κ1) is 31.2. The fourth-order valence-corrected chi connectivity index (χ4v) is 5.82. The molecular formula is C36H35F3N6O. The van der Waals surface area contributed by atoms with Gasteiger partial charge in [-0.3, -0.25) is 9.79 Å². The van der Waals surface area contributed by atoms with Crippen LogP contribution in [0.5, 0.6) is 0 Å². The predicted octanol–water partition coefficient (Wildman–Crippen LogP) is 7.84. The fraction of sp³-hybridized carbons (Fsp3) is 0.278. The van der Waals surface area contributed by atoms with E-state index in [-0.39, 0.29) is 29.9 Å². The molecule has 4 aromatic rings. The lowest BCUT2D eigenvalue weighted by atomic mass is 9.95. The number of hydrogen-bond donors (Lipinski definition) is 3. The van der Waals surface area contributed by atoms with Crippen LogP contribution in [0.4, 0.5) is 30.5 Å². The maximum atomic E-state index is 13.1. The SMILES string of the molecule is C=C1c2nc(Nc3ccc4c(c3)C(C)NCC4)ncc2C(Nc2cc(CCC(=O)c3cccc(C(F)(F)F)c3)ccc2C)=NC1C. The average molecular weight is 625 g/mol. The van der Waals surface area contributed by atoms with Gasteiger partial charge in [0.1, 0.15) is 5.84 Å². The van der Waals surface area contributed by atoms with Crippen LogP contribution >= 0.6 is 0 Å². The van der Waals surface area contributed by atoms with Crippen molar-refractivity contribution in [3.05, 3.63) is 118 Å². The number of nitrogens with one attached hydrogen (secondary N) is 3. The van der Waals surface area contributed by atoms with E-state index in [9.17, 15) is 18.0 Å². The Hall–Kier alpha value is -4.83. The van der Waals surface area contributed by atoms with Crippen LogP contribution in [0.2, 0.25) is 0 Å². The molecule has 1 aromatic heterocycles. The number of benzene rings is 3. The normalized spacial score (nSPS) is 17.5. The summed E-state index contributed by atoms with van der Waals surface area (Å²) < 4.78 is 39.4. The van der Waals surface area contributed by atoms with E-state index in [0.29, 0.717) is 23.9 Å². The molecule has 0 saturated heterocycles. The number of hydrogen-bond acceptors (Lipinski definition) is 7. The van der Waals surface area contributed by atoms with Crippen LogP contribution in [-0.2, 0) is 19.0 Å². The number of halogens is 3. The van der Waals surface area contributed by atoms with Crippen molar-refractivity contribution >= 4 is 34.5 Å². The Morgan fingerprint density at radius 1 is 1.07 bits per heavy atom. The molecule has 0 saturated carbocycles. The summed E-state index contributed by atoms with van der Waals surface area (Å²) in [5.74, 6) is 0.728. The largest absolute Gasteiger partial charge is 0.416 e.